The Morgan fingerprint density at radius 2 is 1.95 bits per heavy atom. The maximum atomic E-state index is 6.58. The molecule has 12 heteroatoms. The normalized spacial score (nSPS) is 15.4. The minimum atomic E-state index is -0.379. The number of aryl methyl sites for hydroxylation is 1. The summed E-state index contributed by atoms with van der Waals surface area (Å²) in [6.07, 6.45) is 3.49. The highest BCUT2D eigenvalue weighted by Gasteiger charge is 2.41. The van der Waals surface area contributed by atoms with Gasteiger partial charge in [-0.05, 0) is 44.2 Å². The van der Waals surface area contributed by atoms with E-state index in [0.717, 1.165) is 33.8 Å². The number of thiazole rings is 1. The Morgan fingerprint density at radius 1 is 1.16 bits per heavy atom. The Labute approximate surface area is 233 Å². The smallest absolute Gasteiger partial charge is 0.151 e. The van der Waals surface area contributed by atoms with Gasteiger partial charge >= 0.3 is 0 Å². The Balaban J connectivity index is 1.17. The molecular formula is C26H24Cl2N8OS. The molecule has 0 bridgehead atoms. The average Bonchev–Trinajstić information content (AvgIpc) is 3.48. The standard InChI is InChI=1S/C26H24Cl2N8OS/c1-14-11-38-23(31-14)8-26(29)12-36(13-26)22-6-5-21(33-34-22)25-17-7-16(3-4-20(17)32-35-25)37-15(2)24-18(27)9-30-10-19(24)28/h3-7,9-11,15H,8,12-13,29H2,1-2H3,(H,32,35)/t15-/m1/s1. The van der Waals surface area contributed by atoms with E-state index in [4.69, 9.17) is 33.7 Å². The zero-order chi connectivity index (χ0) is 26.4. The molecule has 38 heavy (non-hydrogen) atoms. The molecule has 0 amide bonds. The van der Waals surface area contributed by atoms with Crippen molar-refractivity contribution in [3.8, 4) is 17.1 Å². The van der Waals surface area contributed by atoms with E-state index >= 15 is 0 Å². The van der Waals surface area contributed by atoms with E-state index in [0.29, 0.717) is 45.8 Å². The number of hydrogen-bond acceptors (Lipinski definition) is 9. The summed E-state index contributed by atoms with van der Waals surface area (Å²) < 4.78 is 6.17. The number of halogens is 2. The van der Waals surface area contributed by atoms with E-state index < -0.39 is 0 Å². The summed E-state index contributed by atoms with van der Waals surface area (Å²) >= 11 is 14.3. The zero-order valence-corrected chi connectivity index (χ0v) is 23.0. The minimum Gasteiger partial charge on any atom is -0.486 e. The van der Waals surface area contributed by atoms with Crippen LogP contribution in [-0.4, -0.2) is 49.0 Å². The van der Waals surface area contributed by atoms with Gasteiger partial charge in [0.2, 0.25) is 0 Å². The van der Waals surface area contributed by atoms with E-state index in [-0.39, 0.29) is 11.6 Å². The van der Waals surface area contributed by atoms with Crippen molar-refractivity contribution in [2.75, 3.05) is 18.0 Å². The molecule has 0 radical (unpaired) electrons. The number of fused-ring (bicyclic) bond motifs is 1. The molecule has 1 aliphatic rings. The summed E-state index contributed by atoms with van der Waals surface area (Å²) in [5.41, 5.74) is 10.2. The molecule has 0 saturated carbocycles. The lowest BCUT2D eigenvalue weighted by atomic mass is 9.88. The Hall–Kier alpha value is -3.31. The fraction of sp³-hybridized carbons (Fsp3) is 0.269. The predicted octanol–water partition coefficient (Wildman–Crippen LogP) is 5.39. The number of aromatic nitrogens is 6. The largest absolute Gasteiger partial charge is 0.486 e. The van der Waals surface area contributed by atoms with Crippen LogP contribution in [0.4, 0.5) is 5.82 Å². The van der Waals surface area contributed by atoms with Crippen molar-refractivity contribution in [1.29, 1.82) is 0 Å². The highest BCUT2D eigenvalue weighted by molar-refractivity contribution is 7.09. The highest BCUT2D eigenvalue weighted by atomic mass is 35.5. The van der Waals surface area contributed by atoms with Crippen molar-refractivity contribution < 1.29 is 4.74 Å². The second-order valence-electron chi connectivity index (χ2n) is 9.61. The quantitative estimate of drug-likeness (QED) is 0.269. The third-order valence-electron chi connectivity index (χ3n) is 6.54. The van der Waals surface area contributed by atoms with Crippen molar-refractivity contribution in [2.45, 2.75) is 31.9 Å². The van der Waals surface area contributed by atoms with E-state index in [1.54, 1.807) is 23.7 Å². The third kappa shape index (κ3) is 4.80. The molecule has 0 unspecified atom stereocenters. The van der Waals surface area contributed by atoms with Crippen LogP contribution in [-0.2, 0) is 6.42 Å². The highest BCUT2D eigenvalue weighted by Crippen LogP contribution is 2.35. The lowest BCUT2D eigenvalue weighted by Gasteiger charge is -2.47. The summed E-state index contributed by atoms with van der Waals surface area (Å²) in [4.78, 5) is 10.7. The van der Waals surface area contributed by atoms with E-state index in [1.165, 1.54) is 0 Å². The van der Waals surface area contributed by atoms with E-state index in [9.17, 15) is 0 Å². The van der Waals surface area contributed by atoms with Crippen molar-refractivity contribution in [1.82, 2.24) is 30.4 Å². The minimum absolute atomic E-state index is 0.304. The number of hydrogen-bond donors (Lipinski definition) is 2. The number of ether oxygens (including phenoxy) is 1. The van der Waals surface area contributed by atoms with Crippen LogP contribution in [0.15, 0.2) is 48.1 Å². The van der Waals surface area contributed by atoms with Crippen LogP contribution < -0.4 is 15.4 Å². The number of rotatable bonds is 7. The molecular weight excluding hydrogens is 543 g/mol. The topological polar surface area (TPSA) is 119 Å². The number of nitrogens with two attached hydrogens (primary N) is 1. The molecule has 1 saturated heterocycles. The predicted molar refractivity (Wildman–Crippen MR) is 150 cm³/mol. The molecule has 194 valence electrons. The van der Waals surface area contributed by atoms with Gasteiger partial charge in [0.05, 0.1) is 26.1 Å². The van der Waals surface area contributed by atoms with E-state index in [1.807, 2.05) is 44.2 Å². The van der Waals surface area contributed by atoms with Crippen LogP contribution in [0, 0.1) is 6.92 Å². The monoisotopic (exact) mass is 566 g/mol. The van der Waals surface area contributed by atoms with E-state index in [2.05, 4.69) is 40.6 Å². The van der Waals surface area contributed by atoms with Crippen molar-refractivity contribution >= 4 is 51.3 Å². The lowest BCUT2D eigenvalue weighted by Crippen LogP contribution is -2.68. The summed E-state index contributed by atoms with van der Waals surface area (Å²) in [7, 11) is 0. The molecule has 9 nitrogen and oxygen atoms in total. The fourth-order valence-corrected chi connectivity index (χ4v) is 6.33. The number of nitrogens with one attached hydrogen (secondary N) is 1. The van der Waals surface area contributed by atoms with Gasteiger partial charge in [0.15, 0.2) is 5.82 Å². The Bertz CT molecular complexity index is 1590. The number of benzene rings is 1. The summed E-state index contributed by atoms with van der Waals surface area (Å²) in [5.74, 6) is 1.44. The number of pyridine rings is 1. The van der Waals surface area contributed by atoms with Crippen molar-refractivity contribution in [3.63, 3.8) is 0 Å². The number of aromatic amines is 1. The first-order valence-corrected chi connectivity index (χ1v) is 13.6. The van der Waals surface area contributed by atoms with Crippen molar-refractivity contribution in [2.24, 2.45) is 5.73 Å². The van der Waals surface area contributed by atoms with Crippen LogP contribution in [0.25, 0.3) is 22.3 Å². The lowest BCUT2D eigenvalue weighted by molar-refractivity contribution is 0.227. The Morgan fingerprint density at radius 3 is 2.63 bits per heavy atom. The molecule has 4 aromatic heterocycles. The van der Waals surface area contributed by atoms with Gasteiger partial charge in [-0.25, -0.2) is 4.98 Å². The van der Waals surface area contributed by atoms with Gasteiger partial charge in [-0.15, -0.1) is 21.5 Å². The van der Waals surface area contributed by atoms with Gasteiger partial charge in [0, 0.05) is 53.9 Å². The second kappa shape index (κ2) is 9.77. The van der Waals surface area contributed by atoms with Crippen LogP contribution in [0.2, 0.25) is 10.0 Å². The van der Waals surface area contributed by atoms with Gasteiger partial charge < -0.3 is 15.4 Å². The molecule has 1 aromatic carbocycles. The molecule has 0 spiro atoms. The first kappa shape index (κ1) is 25.0. The summed E-state index contributed by atoms with van der Waals surface area (Å²) in [6, 6.07) is 9.57. The average molecular weight is 568 g/mol. The molecule has 0 aliphatic carbocycles. The SMILES string of the molecule is Cc1csc(CC2(N)CN(c3ccc(-c4n[nH]c5ccc(O[C@H](C)c6c(Cl)cncc6Cl)cc45)nn3)C2)n1. The molecule has 5 heterocycles. The molecule has 1 atom stereocenters. The molecule has 1 fully saturated rings. The maximum Gasteiger partial charge on any atom is 0.151 e. The van der Waals surface area contributed by atoms with Crippen LogP contribution in [0.1, 0.15) is 29.3 Å². The molecule has 5 aromatic rings. The molecule has 1 aliphatic heterocycles. The Kier molecular flexibility index (Phi) is 6.43. The first-order valence-electron chi connectivity index (χ1n) is 12.0. The zero-order valence-electron chi connectivity index (χ0n) is 20.7. The van der Waals surface area contributed by atoms with Crippen LogP contribution in [0.3, 0.4) is 0 Å². The van der Waals surface area contributed by atoms with Gasteiger partial charge in [0.25, 0.3) is 0 Å². The summed E-state index contributed by atoms with van der Waals surface area (Å²) in [6.45, 7) is 5.30. The van der Waals surface area contributed by atoms with Crippen molar-refractivity contribution in [3.05, 3.63) is 74.4 Å². The van der Waals surface area contributed by atoms with Crippen LogP contribution >= 0.6 is 34.5 Å². The summed E-state index contributed by atoms with van der Waals surface area (Å²) in [5, 5.41) is 21.4. The molecule has 6 rings (SSSR count). The van der Waals surface area contributed by atoms with Gasteiger partial charge in [0.1, 0.15) is 23.2 Å². The number of nitrogens with zero attached hydrogens (tertiary/aromatic N) is 6. The number of H-pyrrole nitrogens is 1. The van der Waals surface area contributed by atoms with Crippen LogP contribution in [0.5, 0.6) is 5.75 Å². The first-order chi connectivity index (χ1) is 18.3. The number of anilines is 1. The van der Waals surface area contributed by atoms with Gasteiger partial charge in [-0.2, -0.15) is 5.10 Å². The van der Waals surface area contributed by atoms with Gasteiger partial charge in [-0.3, -0.25) is 10.1 Å². The maximum absolute atomic E-state index is 6.58. The molecule has 3 N–H and O–H groups in total. The third-order valence-corrected chi connectivity index (χ3v) is 8.11. The fourth-order valence-electron chi connectivity index (χ4n) is 4.73. The van der Waals surface area contributed by atoms with Gasteiger partial charge in [-0.1, -0.05) is 23.2 Å². The second-order valence-corrected chi connectivity index (χ2v) is 11.4.